The van der Waals surface area contributed by atoms with Crippen LogP contribution in [0.3, 0.4) is 0 Å². The van der Waals surface area contributed by atoms with Crippen LogP contribution in [0.2, 0.25) is 5.02 Å². The molecule has 0 aliphatic rings. The lowest BCUT2D eigenvalue weighted by Gasteiger charge is -2.11. The fourth-order valence-electron chi connectivity index (χ4n) is 2.45. The van der Waals surface area contributed by atoms with Crippen LogP contribution < -0.4 is 10.1 Å². The van der Waals surface area contributed by atoms with Crippen LogP contribution in [0.5, 0.6) is 11.5 Å². The van der Waals surface area contributed by atoms with E-state index in [-0.39, 0.29) is 17.9 Å². The number of hydrogen-bond donors (Lipinski definition) is 1. The van der Waals surface area contributed by atoms with E-state index in [1.165, 1.54) is 19.2 Å². The third-order valence-electron chi connectivity index (χ3n) is 3.65. The lowest BCUT2D eigenvalue weighted by atomic mass is 10.1. The maximum atomic E-state index is 12.4. The molecule has 1 heterocycles. The predicted octanol–water partition coefficient (Wildman–Crippen LogP) is 5.16. The van der Waals surface area contributed by atoms with Crippen molar-refractivity contribution in [3.8, 4) is 11.5 Å². The second-order valence-corrected chi connectivity index (χ2v) is 6.83. The zero-order valence-electron chi connectivity index (χ0n) is 14.4. The third-order valence-corrected chi connectivity index (χ3v) is 4.55. The Morgan fingerprint density at radius 3 is 2.70 bits per heavy atom. The number of ether oxygens (including phenoxy) is 2. The van der Waals surface area contributed by atoms with Crippen LogP contribution in [0.25, 0.3) is 0 Å². The first kappa shape index (κ1) is 18.9. The summed E-state index contributed by atoms with van der Waals surface area (Å²) in [5, 5.41) is 6.95. The quantitative estimate of drug-likeness (QED) is 0.579. The molecule has 3 rings (SSSR count). The van der Waals surface area contributed by atoms with Crippen LogP contribution in [-0.2, 0) is 16.0 Å². The molecule has 0 radical (unpaired) electrons. The predicted molar refractivity (Wildman–Crippen MR) is 106 cm³/mol. The minimum absolute atomic E-state index is 0.119. The first-order chi connectivity index (χ1) is 13.0. The van der Waals surface area contributed by atoms with Crippen LogP contribution in [0, 0.1) is 0 Å². The van der Waals surface area contributed by atoms with Crippen molar-refractivity contribution in [1.82, 2.24) is 0 Å². The Labute approximate surface area is 165 Å². The number of esters is 1. The molecule has 0 saturated heterocycles. The topological polar surface area (TPSA) is 64.6 Å². The van der Waals surface area contributed by atoms with Crippen molar-refractivity contribution in [2.45, 2.75) is 6.42 Å². The van der Waals surface area contributed by atoms with Gasteiger partial charge in [-0.2, -0.15) is 0 Å². The van der Waals surface area contributed by atoms with Gasteiger partial charge in [-0.1, -0.05) is 23.7 Å². The van der Waals surface area contributed by atoms with Gasteiger partial charge in [0.05, 0.1) is 24.8 Å². The summed E-state index contributed by atoms with van der Waals surface area (Å²) in [5.74, 6) is 0.572. The Bertz CT molecular complexity index is 956. The number of carbonyl (C=O) groups excluding carboxylic acids is 2. The molecule has 1 amide bonds. The van der Waals surface area contributed by atoms with Crippen molar-refractivity contribution < 1.29 is 19.1 Å². The monoisotopic (exact) mass is 401 g/mol. The molecule has 0 unspecified atom stereocenters. The van der Waals surface area contributed by atoms with Gasteiger partial charge < -0.3 is 14.8 Å². The number of methoxy groups -OCH3 is 1. The smallest absolute Gasteiger partial charge is 0.339 e. The largest absolute Gasteiger partial charge is 0.465 e. The van der Waals surface area contributed by atoms with Crippen molar-refractivity contribution in [2.24, 2.45) is 0 Å². The molecule has 138 valence electrons. The summed E-state index contributed by atoms with van der Waals surface area (Å²) in [5.41, 5.74) is 1.33. The van der Waals surface area contributed by atoms with E-state index in [0.717, 1.165) is 11.3 Å². The van der Waals surface area contributed by atoms with E-state index in [0.29, 0.717) is 16.5 Å². The summed E-state index contributed by atoms with van der Waals surface area (Å²) in [4.78, 5) is 24.3. The maximum Gasteiger partial charge on any atom is 0.339 e. The highest BCUT2D eigenvalue weighted by atomic mass is 35.5. The Hall–Kier alpha value is -2.83. The highest BCUT2D eigenvalue weighted by molar-refractivity contribution is 7.08. The SMILES string of the molecule is COC(=O)c1ccc(Cl)cc1NC(=O)Cc1cccc(Oc2ccsc2)c1. The average Bonchev–Trinajstić information content (AvgIpc) is 3.14. The minimum Gasteiger partial charge on any atom is -0.465 e. The third kappa shape index (κ3) is 5.09. The highest BCUT2D eigenvalue weighted by Gasteiger charge is 2.15. The zero-order chi connectivity index (χ0) is 19.2. The van der Waals surface area contributed by atoms with Gasteiger partial charge in [-0.25, -0.2) is 4.79 Å². The zero-order valence-corrected chi connectivity index (χ0v) is 16.0. The number of thiophene rings is 1. The number of benzene rings is 2. The van der Waals surface area contributed by atoms with E-state index in [9.17, 15) is 9.59 Å². The summed E-state index contributed by atoms with van der Waals surface area (Å²) in [6.07, 6.45) is 0.119. The number of nitrogens with one attached hydrogen (secondary N) is 1. The van der Waals surface area contributed by atoms with E-state index in [2.05, 4.69) is 5.32 Å². The van der Waals surface area contributed by atoms with Crippen LogP contribution in [0.1, 0.15) is 15.9 Å². The van der Waals surface area contributed by atoms with Gasteiger partial charge in [-0.3, -0.25) is 4.79 Å². The molecule has 3 aromatic rings. The van der Waals surface area contributed by atoms with E-state index in [4.69, 9.17) is 21.1 Å². The molecule has 0 atom stereocenters. The number of halogens is 1. The molecule has 0 bridgehead atoms. The molecular formula is C20H16ClNO4S. The Balaban J connectivity index is 1.71. The summed E-state index contributed by atoms with van der Waals surface area (Å²) in [6, 6.07) is 13.7. The van der Waals surface area contributed by atoms with E-state index in [1.807, 2.05) is 35.0 Å². The van der Waals surface area contributed by atoms with Gasteiger partial charge in [-0.05, 0) is 47.3 Å². The molecule has 0 saturated carbocycles. The molecule has 0 aliphatic heterocycles. The average molecular weight is 402 g/mol. The number of carbonyl (C=O) groups is 2. The summed E-state index contributed by atoms with van der Waals surface area (Å²) in [7, 11) is 1.28. The summed E-state index contributed by atoms with van der Waals surface area (Å²) < 4.78 is 10.5. The molecule has 1 N–H and O–H groups in total. The molecule has 1 aromatic heterocycles. The minimum atomic E-state index is -0.548. The summed E-state index contributed by atoms with van der Waals surface area (Å²) >= 11 is 7.52. The lowest BCUT2D eigenvalue weighted by Crippen LogP contribution is -2.17. The van der Waals surface area contributed by atoms with Crippen molar-refractivity contribution in [3.05, 3.63) is 75.4 Å². The summed E-state index contributed by atoms with van der Waals surface area (Å²) in [6.45, 7) is 0. The Morgan fingerprint density at radius 2 is 1.96 bits per heavy atom. The molecule has 0 spiro atoms. The molecule has 5 nitrogen and oxygen atoms in total. The van der Waals surface area contributed by atoms with Gasteiger partial charge in [0.2, 0.25) is 5.91 Å². The van der Waals surface area contributed by atoms with Crippen LogP contribution >= 0.6 is 22.9 Å². The number of anilines is 1. The standard InChI is InChI=1S/C20H16ClNO4S/c1-25-20(24)17-6-5-14(21)11-18(17)22-19(23)10-13-3-2-4-15(9-13)26-16-7-8-27-12-16/h2-9,11-12H,10H2,1H3,(H,22,23). The lowest BCUT2D eigenvalue weighted by molar-refractivity contribution is -0.115. The number of rotatable bonds is 6. The molecule has 0 aliphatic carbocycles. The molecule has 2 aromatic carbocycles. The van der Waals surface area contributed by atoms with E-state index < -0.39 is 5.97 Å². The van der Waals surface area contributed by atoms with E-state index in [1.54, 1.807) is 23.5 Å². The second kappa shape index (κ2) is 8.70. The number of amides is 1. The maximum absolute atomic E-state index is 12.4. The normalized spacial score (nSPS) is 10.3. The van der Waals surface area contributed by atoms with Gasteiger partial charge in [-0.15, -0.1) is 11.3 Å². The number of hydrogen-bond acceptors (Lipinski definition) is 5. The van der Waals surface area contributed by atoms with Gasteiger partial charge in [0.1, 0.15) is 11.5 Å². The highest BCUT2D eigenvalue weighted by Crippen LogP contribution is 2.25. The van der Waals surface area contributed by atoms with Crippen LogP contribution in [-0.4, -0.2) is 19.0 Å². The molecule has 27 heavy (non-hydrogen) atoms. The Kier molecular flexibility index (Phi) is 6.11. The van der Waals surface area contributed by atoms with Crippen molar-refractivity contribution in [2.75, 3.05) is 12.4 Å². The first-order valence-electron chi connectivity index (χ1n) is 8.02. The van der Waals surface area contributed by atoms with Crippen LogP contribution in [0.4, 0.5) is 5.69 Å². The fraction of sp³-hybridized carbons (Fsp3) is 0.100. The second-order valence-electron chi connectivity index (χ2n) is 5.61. The van der Waals surface area contributed by atoms with Crippen molar-refractivity contribution in [3.63, 3.8) is 0 Å². The van der Waals surface area contributed by atoms with Crippen molar-refractivity contribution in [1.29, 1.82) is 0 Å². The Morgan fingerprint density at radius 1 is 1.11 bits per heavy atom. The molecule has 0 fully saturated rings. The van der Waals surface area contributed by atoms with Crippen molar-refractivity contribution >= 4 is 40.5 Å². The van der Waals surface area contributed by atoms with E-state index >= 15 is 0 Å². The van der Waals surface area contributed by atoms with Gasteiger partial charge in [0, 0.05) is 10.4 Å². The molecule has 7 heteroatoms. The van der Waals surface area contributed by atoms with Gasteiger partial charge in [0.15, 0.2) is 0 Å². The van der Waals surface area contributed by atoms with Crippen LogP contribution in [0.15, 0.2) is 59.3 Å². The first-order valence-corrected chi connectivity index (χ1v) is 9.34. The molecular weight excluding hydrogens is 386 g/mol. The fourth-order valence-corrected chi connectivity index (χ4v) is 3.18. The van der Waals surface area contributed by atoms with Gasteiger partial charge >= 0.3 is 5.97 Å². The van der Waals surface area contributed by atoms with Gasteiger partial charge in [0.25, 0.3) is 0 Å².